The molecule has 31 heavy (non-hydrogen) atoms. The second-order valence-corrected chi connectivity index (χ2v) is 7.27. The number of furan rings is 1. The van der Waals surface area contributed by atoms with Crippen LogP contribution in [0.2, 0.25) is 0 Å². The average Bonchev–Trinajstić information content (AvgIpc) is 3.35. The Morgan fingerprint density at radius 1 is 1.29 bits per heavy atom. The topological polar surface area (TPSA) is 101 Å². The lowest BCUT2D eigenvalue weighted by Gasteiger charge is -2.32. The molecule has 1 atom stereocenters. The molecule has 0 unspecified atom stereocenters. The summed E-state index contributed by atoms with van der Waals surface area (Å²) >= 11 is 0. The first-order valence-corrected chi connectivity index (χ1v) is 9.45. The van der Waals surface area contributed by atoms with Gasteiger partial charge in [-0.05, 0) is 26.0 Å². The standard InChI is InChI=1S/C19H20F3N7O2/c1-10-15-16(28(3)11(2)17(30)26-15)27-18(25-10)23-6-12-7-24-29(8-12)9-13-4-5-14(31-13)19(20,21)22/h4-5,7-8,11H,6,9H2,1-3H3,(H,26,30)(H,23,25,27)/t11-/m0/s1. The van der Waals surface area contributed by atoms with Gasteiger partial charge in [0.15, 0.2) is 5.82 Å². The van der Waals surface area contributed by atoms with E-state index >= 15 is 0 Å². The number of anilines is 3. The van der Waals surface area contributed by atoms with Gasteiger partial charge in [-0.1, -0.05) is 0 Å². The van der Waals surface area contributed by atoms with Crippen LogP contribution >= 0.6 is 0 Å². The predicted molar refractivity (Wildman–Crippen MR) is 106 cm³/mol. The summed E-state index contributed by atoms with van der Waals surface area (Å²) in [4.78, 5) is 22.7. The molecule has 9 nitrogen and oxygen atoms in total. The van der Waals surface area contributed by atoms with Gasteiger partial charge in [0.2, 0.25) is 17.6 Å². The number of likely N-dealkylation sites (N-methyl/N-ethyl adjacent to an activating group) is 1. The van der Waals surface area contributed by atoms with E-state index in [1.807, 2.05) is 0 Å². The Morgan fingerprint density at radius 2 is 2.06 bits per heavy atom. The fourth-order valence-electron chi connectivity index (χ4n) is 3.17. The van der Waals surface area contributed by atoms with Crippen molar-refractivity contribution >= 4 is 23.4 Å². The second kappa shape index (κ2) is 7.60. The monoisotopic (exact) mass is 435 g/mol. The third kappa shape index (κ3) is 4.18. The zero-order valence-corrected chi connectivity index (χ0v) is 17.0. The number of halogens is 3. The molecule has 164 valence electrons. The number of carbonyl (C=O) groups is 1. The smallest absolute Gasteiger partial charge is 0.449 e. The SMILES string of the molecule is Cc1nc(NCc2cnn(Cc3ccc(C(F)(F)F)o3)c2)nc2c1NC(=O)[C@H](C)N2C. The molecule has 3 aromatic rings. The lowest BCUT2D eigenvalue weighted by molar-refractivity contribution is -0.153. The van der Waals surface area contributed by atoms with E-state index in [1.165, 1.54) is 10.7 Å². The highest BCUT2D eigenvalue weighted by atomic mass is 19.4. The van der Waals surface area contributed by atoms with Crippen LogP contribution in [-0.4, -0.2) is 38.7 Å². The summed E-state index contributed by atoms with van der Waals surface area (Å²) < 4.78 is 44.2. The van der Waals surface area contributed by atoms with Crippen molar-refractivity contribution in [2.75, 3.05) is 22.6 Å². The molecule has 3 aromatic heterocycles. The lowest BCUT2D eigenvalue weighted by atomic mass is 10.2. The Bertz CT molecular complexity index is 1120. The molecule has 4 rings (SSSR count). The highest BCUT2D eigenvalue weighted by Gasteiger charge is 2.34. The maximum absolute atomic E-state index is 12.6. The van der Waals surface area contributed by atoms with Crippen molar-refractivity contribution in [1.82, 2.24) is 19.7 Å². The van der Waals surface area contributed by atoms with Crippen LogP contribution in [0.4, 0.5) is 30.6 Å². The summed E-state index contributed by atoms with van der Waals surface area (Å²) in [6.45, 7) is 4.00. The number of hydrogen-bond acceptors (Lipinski definition) is 7. The Labute approximate surface area is 175 Å². The number of alkyl halides is 3. The van der Waals surface area contributed by atoms with Crippen LogP contribution in [0.5, 0.6) is 0 Å². The van der Waals surface area contributed by atoms with Crippen molar-refractivity contribution in [1.29, 1.82) is 0 Å². The van der Waals surface area contributed by atoms with Crippen molar-refractivity contribution < 1.29 is 22.4 Å². The van der Waals surface area contributed by atoms with Crippen LogP contribution in [0.1, 0.15) is 29.7 Å². The largest absolute Gasteiger partial charge is 0.455 e. The van der Waals surface area contributed by atoms with Crippen LogP contribution in [0.15, 0.2) is 28.9 Å². The number of rotatable bonds is 5. The Morgan fingerprint density at radius 3 is 2.77 bits per heavy atom. The molecule has 0 radical (unpaired) electrons. The number of nitrogens with one attached hydrogen (secondary N) is 2. The zero-order valence-electron chi connectivity index (χ0n) is 17.0. The summed E-state index contributed by atoms with van der Waals surface area (Å²) in [5.74, 6) is 0.0135. The summed E-state index contributed by atoms with van der Waals surface area (Å²) in [5, 5.41) is 10.1. The zero-order chi connectivity index (χ0) is 22.3. The number of nitrogens with zero attached hydrogens (tertiary/aromatic N) is 5. The minimum atomic E-state index is -4.51. The number of carbonyl (C=O) groups excluding carboxylic acids is 1. The van der Waals surface area contributed by atoms with Crippen molar-refractivity contribution in [2.45, 2.75) is 39.2 Å². The molecule has 0 aromatic carbocycles. The number of aromatic nitrogens is 4. The number of amides is 1. The van der Waals surface area contributed by atoms with Gasteiger partial charge in [-0.3, -0.25) is 9.48 Å². The third-order valence-corrected chi connectivity index (χ3v) is 5.01. The molecule has 0 spiro atoms. The first-order chi connectivity index (χ1) is 14.6. The molecule has 4 heterocycles. The van der Waals surface area contributed by atoms with E-state index in [-0.39, 0.29) is 24.3 Å². The number of aryl methyl sites for hydroxylation is 1. The van der Waals surface area contributed by atoms with Crippen molar-refractivity contribution in [3.05, 3.63) is 47.3 Å². The summed E-state index contributed by atoms with van der Waals surface area (Å²) in [5.41, 5.74) is 2.01. The van der Waals surface area contributed by atoms with Gasteiger partial charge in [-0.25, -0.2) is 4.98 Å². The Kier molecular flexibility index (Phi) is 5.07. The number of fused-ring (bicyclic) bond motifs is 1. The quantitative estimate of drug-likeness (QED) is 0.635. The highest BCUT2D eigenvalue weighted by molar-refractivity contribution is 6.03. The minimum absolute atomic E-state index is 0.0763. The van der Waals surface area contributed by atoms with Crippen LogP contribution in [-0.2, 0) is 24.1 Å². The average molecular weight is 435 g/mol. The molecule has 1 amide bonds. The lowest BCUT2D eigenvalue weighted by Crippen LogP contribution is -2.44. The van der Waals surface area contributed by atoms with Gasteiger partial charge in [0.25, 0.3) is 0 Å². The maximum Gasteiger partial charge on any atom is 0.449 e. The van der Waals surface area contributed by atoms with Crippen LogP contribution < -0.4 is 15.5 Å². The summed E-state index contributed by atoms with van der Waals surface area (Å²) in [7, 11) is 1.79. The van der Waals surface area contributed by atoms with Gasteiger partial charge in [-0.15, -0.1) is 0 Å². The minimum Gasteiger partial charge on any atom is -0.455 e. The number of hydrogen-bond donors (Lipinski definition) is 2. The van der Waals surface area contributed by atoms with E-state index in [4.69, 9.17) is 4.42 Å². The second-order valence-electron chi connectivity index (χ2n) is 7.27. The normalized spacial score (nSPS) is 16.3. The van der Waals surface area contributed by atoms with E-state index in [9.17, 15) is 18.0 Å². The molecule has 0 saturated heterocycles. The van der Waals surface area contributed by atoms with E-state index < -0.39 is 11.9 Å². The van der Waals surface area contributed by atoms with Gasteiger partial charge in [0, 0.05) is 25.4 Å². The fourth-order valence-corrected chi connectivity index (χ4v) is 3.17. The molecular formula is C19H20F3N7O2. The molecule has 1 aliphatic heterocycles. The van der Waals surface area contributed by atoms with Crippen molar-refractivity contribution in [2.24, 2.45) is 0 Å². The van der Waals surface area contributed by atoms with E-state index in [0.717, 1.165) is 11.6 Å². The molecular weight excluding hydrogens is 415 g/mol. The van der Waals surface area contributed by atoms with Gasteiger partial charge < -0.3 is 20.0 Å². The Balaban J connectivity index is 1.43. The van der Waals surface area contributed by atoms with Gasteiger partial charge in [0.05, 0.1) is 18.4 Å². The first kappa shape index (κ1) is 20.7. The summed E-state index contributed by atoms with van der Waals surface area (Å²) in [6, 6.07) is 1.83. The summed E-state index contributed by atoms with van der Waals surface area (Å²) in [6.07, 6.45) is -1.22. The molecule has 0 fully saturated rings. The van der Waals surface area contributed by atoms with Gasteiger partial charge in [0.1, 0.15) is 17.5 Å². The van der Waals surface area contributed by atoms with Crippen molar-refractivity contribution in [3.63, 3.8) is 0 Å². The van der Waals surface area contributed by atoms with Gasteiger partial charge in [-0.2, -0.15) is 23.3 Å². The molecule has 1 aliphatic rings. The first-order valence-electron chi connectivity index (χ1n) is 9.45. The van der Waals surface area contributed by atoms with Crippen LogP contribution in [0.25, 0.3) is 0 Å². The van der Waals surface area contributed by atoms with Crippen LogP contribution in [0, 0.1) is 6.92 Å². The van der Waals surface area contributed by atoms with E-state index in [2.05, 4.69) is 25.7 Å². The highest BCUT2D eigenvalue weighted by Crippen LogP contribution is 2.32. The van der Waals surface area contributed by atoms with Crippen LogP contribution in [0.3, 0.4) is 0 Å². The molecule has 0 saturated carbocycles. The molecule has 2 N–H and O–H groups in total. The Hall–Kier alpha value is -3.57. The van der Waals surface area contributed by atoms with E-state index in [1.54, 1.807) is 38.2 Å². The maximum atomic E-state index is 12.6. The molecule has 12 heteroatoms. The van der Waals surface area contributed by atoms with Gasteiger partial charge >= 0.3 is 6.18 Å². The fraction of sp³-hybridized carbons (Fsp3) is 0.368. The third-order valence-electron chi connectivity index (χ3n) is 5.01. The molecule has 0 bridgehead atoms. The predicted octanol–water partition coefficient (Wildman–Crippen LogP) is 3.03. The van der Waals surface area contributed by atoms with Crippen molar-refractivity contribution in [3.8, 4) is 0 Å². The molecule has 0 aliphatic carbocycles. The van der Waals surface area contributed by atoms with E-state index in [0.29, 0.717) is 29.7 Å².